The number of primary amides is 1. The third-order valence-electron chi connectivity index (χ3n) is 5.10. The molecule has 0 spiro atoms. The van der Waals surface area contributed by atoms with E-state index >= 15 is 0 Å². The van der Waals surface area contributed by atoms with Crippen LogP contribution in [0.3, 0.4) is 0 Å². The molecule has 0 aliphatic carbocycles. The molecule has 0 aliphatic rings. The smallest absolute Gasteiger partial charge is 0.248 e. The number of rotatable bonds is 6. The molecule has 0 atom stereocenters. The number of nitrogens with zero attached hydrogens (tertiary/aromatic N) is 2. The minimum atomic E-state index is -0.418. The number of benzene rings is 2. The first-order valence-electron chi connectivity index (χ1n) is 9.50. The number of nitrogens with two attached hydrogens (primary N) is 1. The molecule has 0 fully saturated rings. The molecule has 142 valence electrons. The van der Waals surface area contributed by atoms with Gasteiger partial charge in [0.25, 0.3) is 0 Å². The van der Waals surface area contributed by atoms with Crippen LogP contribution in [0.5, 0.6) is 0 Å². The van der Waals surface area contributed by atoms with Crippen LogP contribution in [-0.2, 0) is 6.42 Å². The zero-order valence-corrected chi connectivity index (χ0v) is 15.9. The molecule has 0 unspecified atom stereocenters. The fraction of sp³-hybridized carbons (Fsp3) is 0.0800. The monoisotopic (exact) mass is 379 g/mol. The average Bonchev–Trinajstić information content (AvgIpc) is 2.79. The van der Waals surface area contributed by atoms with E-state index in [1.807, 2.05) is 42.7 Å². The van der Waals surface area contributed by atoms with Gasteiger partial charge in [0.1, 0.15) is 0 Å². The van der Waals surface area contributed by atoms with Gasteiger partial charge in [-0.15, -0.1) is 0 Å². The molecule has 29 heavy (non-hydrogen) atoms. The van der Waals surface area contributed by atoms with Gasteiger partial charge in [0, 0.05) is 36.3 Å². The van der Waals surface area contributed by atoms with Crippen molar-refractivity contribution in [2.75, 3.05) is 0 Å². The van der Waals surface area contributed by atoms with E-state index in [1.54, 1.807) is 24.5 Å². The third kappa shape index (κ3) is 4.22. The minimum Gasteiger partial charge on any atom is -0.366 e. The Bertz CT molecular complexity index is 1050. The lowest BCUT2D eigenvalue weighted by Crippen LogP contribution is -2.10. The molecule has 4 nitrogen and oxygen atoms in total. The van der Waals surface area contributed by atoms with E-state index in [4.69, 9.17) is 5.73 Å². The second-order valence-electron chi connectivity index (χ2n) is 6.93. The van der Waals surface area contributed by atoms with Crippen LogP contribution >= 0.6 is 0 Å². The summed E-state index contributed by atoms with van der Waals surface area (Å²) >= 11 is 0. The van der Waals surface area contributed by atoms with Gasteiger partial charge in [-0.3, -0.25) is 14.8 Å². The van der Waals surface area contributed by atoms with Gasteiger partial charge in [-0.1, -0.05) is 48.5 Å². The molecular formula is C25H21N3O. The van der Waals surface area contributed by atoms with E-state index in [0.29, 0.717) is 5.56 Å². The number of pyridine rings is 2. The Hall–Kier alpha value is -3.79. The highest BCUT2D eigenvalue weighted by Crippen LogP contribution is 2.32. The van der Waals surface area contributed by atoms with Crippen LogP contribution in [0.4, 0.5) is 0 Å². The summed E-state index contributed by atoms with van der Waals surface area (Å²) in [6.07, 6.45) is 8.23. The predicted molar refractivity (Wildman–Crippen MR) is 114 cm³/mol. The number of aromatic nitrogens is 2. The van der Waals surface area contributed by atoms with Gasteiger partial charge in [-0.2, -0.15) is 0 Å². The lowest BCUT2D eigenvalue weighted by molar-refractivity contribution is 0.100. The maximum Gasteiger partial charge on any atom is 0.248 e. The van der Waals surface area contributed by atoms with Crippen LogP contribution in [0.15, 0.2) is 97.6 Å². The molecule has 2 aromatic heterocycles. The SMILES string of the molecule is NC(=O)c1ccc(-c2ccccc2CC(c2cccnc2)c2cccnc2)cc1. The van der Waals surface area contributed by atoms with Crippen LogP contribution in [-0.4, -0.2) is 15.9 Å². The van der Waals surface area contributed by atoms with Crippen LogP contribution in [0.2, 0.25) is 0 Å². The molecular weight excluding hydrogens is 358 g/mol. The second kappa shape index (κ2) is 8.48. The van der Waals surface area contributed by atoms with Crippen molar-refractivity contribution in [1.82, 2.24) is 9.97 Å². The van der Waals surface area contributed by atoms with Crippen LogP contribution in [0.25, 0.3) is 11.1 Å². The molecule has 1 amide bonds. The zero-order valence-electron chi connectivity index (χ0n) is 15.9. The van der Waals surface area contributed by atoms with Crippen molar-refractivity contribution in [3.63, 3.8) is 0 Å². The fourth-order valence-electron chi connectivity index (χ4n) is 3.61. The van der Waals surface area contributed by atoms with E-state index in [0.717, 1.165) is 28.7 Å². The lowest BCUT2D eigenvalue weighted by atomic mass is 9.85. The topological polar surface area (TPSA) is 68.9 Å². The summed E-state index contributed by atoms with van der Waals surface area (Å²) in [7, 11) is 0. The molecule has 0 saturated carbocycles. The zero-order chi connectivity index (χ0) is 20.1. The largest absolute Gasteiger partial charge is 0.366 e. The van der Waals surface area contributed by atoms with Crippen LogP contribution < -0.4 is 5.73 Å². The summed E-state index contributed by atoms with van der Waals surface area (Å²) in [6, 6.07) is 23.9. The second-order valence-corrected chi connectivity index (χ2v) is 6.93. The van der Waals surface area contributed by atoms with E-state index in [-0.39, 0.29) is 5.92 Å². The highest BCUT2D eigenvalue weighted by molar-refractivity contribution is 5.93. The maximum absolute atomic E-state index is 11.4. The minimum absolute atomic E-state index is 0.142. The summed E-state index contributed by atoms with van der Waals surface area (Å²) in [5.74, 6) is -0.276. The Morgan fingerprint density at radius 2 is 1.41 bits per heavy atom. The Labute approximate surface area is 170 Å². The summed E-state index contributed by atoms with van der Waals surface area (Å²) in [6.45, 7) is 0. The fourth-order valence-corrected chi connectivity index (χ4v) is 3.61. The Balaban J connectivity index is 1.73. The van der Waals surface area contributed by atoms with Crippen molar-refractivity contribution in [3.8, 4) is 11.1 Å². The molecule has 0 radical (unpaired) electrons. The first-order chi connectivity index (χ1) is 14.2. The standard InChI is InChI=1S/C25H21N3O/c26-25(29)19-11-9-18(10-12-19)23-8-2-1-5-20(23)15-24(21-6-3-13-27-16-21)22-7-4-14-28-17-22/h1-14,16-17,24H,15H2,(H2,26,29). The summed E-state index contributed by atoms with van der Waals surface area (Å²) in [4.78, 5) is 20.0. The summed E-state index contributed by atoms with van der Waals surface area (Å²) < 4.78 is 0. The number of carbonyl (C=O) groups excluding carboxylic acids is 1. The van der Waals surface area contributed by atoms with Gasteiger partial charge in [-0.05, 0) is 58.5 Å². The van der Waals surface area contributed by atoms with Crippen molar-refractivity contribution in [2.45, 2.75) is 12.3 Å². The Kier molecular flexibility index (Phi) is 5.43. The van der Waals surface area contributed by atoms with Gasteiger partial charge >= 0.3 is 0 Å². The molecule has 4 aromatic rings. The molecule has 2 aromatic carbocycles. The molecule has 2 N–H and O–H groups in total. The number of hydrogen-bond acceptors (Lipinski definition) is 3. The van der Waals surface area contributed by atoms with Gasteiger partial charge in [0.05, 0.1) is 0 Å². The van der Waals surface area contributed by atoms with Crippen molar-refractivity contribution >= 4 is 5.91 Å². The summed E-state index contributed by atoms with van der Waals surface area (Å²) in [5, 5.41) is 0. The number of hydrogen-bond donors (Lipinski definition) is 1. The van der Waals surface area contributed by atoms with Gasteiger partial charge < -0.3 is 5.73 Å². The molecule has 4 heteroatoms. The van der Waals surface area contributed by atoms with Gasteiger partial charge in [-0.25, -0.2) is 0 Å². The average molecular weight is 379 g/mol. The Morgan fingerprint density at radius 1 is 0.793 bits per heavy atom. The van der Waals surface area contributed by atoms with Crippen molar-refractivity contribution in [1.29, 1.82) is 0 Å². The first-order valence-corrected chi connectivity index (χ1v) is 9.50. The highest BCUT2D eigenvalue weighted by Gasteiger charge is 2.17. The van der Waals surface area contributed by atoms with Crippen molar-refractivity contribution in [2.24, 2.45) is 5.73 Å². The van der Waals surface area contributed by atoms with E-state index in [1.165, 1.54) is 5.56 Å². The number of carbonyl (C=O) groups is 1. The van der Waals surface area contributed by atoms with Gasteiger partial charge in [0.2, 0.25) is 5.91 Å². The maximum atomic E-state index is 11.4. The van der Waals surface area contributed by atoms with E-state index < -0.39 is 5.91 Å². The van der Waals surface area contributed by atoms with Crippen LogP contribution in [0.1, 0.15) is 33.0 Å². The predicted octanol–water partition coefficient (Wildman–Crippen LogP) is 4.62. The quantitative estimate of drug-likeness (QED) is 0.532. The van der Waals surface area contributed by atoms with Crippen LogP contribution in [0, 0.1) is 0 Å². The normalized spacial score (nSPS) is 10.8. The van der Waals surface area contributed by atoms with E-state index in [9.17, 15) is 4.79 Å². The van der Waals surface area contributed by atoms with Gasteiger partial charge in [0.15, 0.2) is 0 Å². The van der Waals surface area contributed by atoms with Crippen molar-refractivity contribution in [3.05, 3.63) is 120 Å². The van der Waals surface area contributed by atoms with E-state index in [2.05, 4.69) is 40.3 Å². The summed E-state index contributed by atoms with van der Waals surface area (Å²) in [5.41, 5.74) is 11.6. The molecule has 0 aliphatic heterocycles. The lowest BCUT2D eigenvalue weighted by Gasteiger charge is -2.19. The molecule has 4 rings (SSSR count). The molecule has 0 saturated heterocycles. The molecule has 2 heterocycles. The van der Waals surface area contributed by atoms with Crippen molar-refractivity contribution < 1.29 is 4.79 Å². The third-order valence-corrected chi connectivity index (χ3v) is 5.10. The number of amides is 1. The Morgan fingerprint density at radius 3 is 1.97 bits per heavy atom. The first kappa shape index (κ1) is 18.6. The highest BCUT2D eigenvalue weighted by atomic mass is 16.1. The molecule has 0 bridgehead atoms.